The molecular weight excluding hydrogens is 230 g/mol. The molecule has 0 aromatic carbocycles. The van der Waals surface area contributed by atoms with Crippen LogP contribution in [0.5, 0.6) is 0 Å². The van der Waals surface area contributed by atoms with Gasteiger partial charge in [-0.1, -0.05) is 11.6 Å². The molecule has 1 N–H and O–H groups in total. The van der Waals surface area contributed by atoms with Crippen LogP contribution in [0.4, 0.5) is 5.82 Å². The first-order valence-electron chi connectivity index (χ1n) is 4.59. The van der Waals surface area contributed by atoms with Gasteiger partial charge in [-0.3, -0.25) is 0 Å². The highest BCUT2D eigenvalue weighted by atomic mass is 35.5. The molecule has 2 aromatic rings. The molecule has 0 unspecified atom stereocenters. The van der Waals surface area contributed by atoms with Gasteiger partial charge in [0.2, 0.25) is 0 Å². The van der Waals surface area contributed by atoms with Crippen LogP contribution in [0.3, 0.4) is 0 Å². The smallest absolute Gasteiger partial charge is 0.144 e. The highest BCUT2D eigenvalue weighted by Crippen LogP contribution is 2.17. The monoisotopic (exact) mass is 239 g/mol. The van der Waals surface area contributed by atoms with Crippen LogP contribution in [0, 0.1) is 0 Å². The SMILES string of the molecule is Clc1cccnc1NCCc1nccs1. The van der Waals surface area contributed by atoms with Crippen molar-refractivity contribution in [1.82, 2.24) is 9.97 Å². The van der Waals surface area contributed by atoms with E-state index in [4.69, 9.17) is 11.6 Å². The van der Waals surface area contributed by atoms with Gasteiger partial charge in [0.15, 0.2) is 0 Å². The quantitative estimate of drug-likeness (QED) is 0.892. The van der Waals surface area contributed by atoms with Gasteiger partial charge in [0.25, 0.3) is 0 Å². The summed E-state index contributed by atoms with van der Waals surface area (Å²) in [6.07, 6.45) is 4.43. The number of halogens is 1. The van der Waals surface area contributed by atoms with E-state index in [1.807, 2.05) is 23.7 Å². The molecule has 0 aliphatic heterocycles. The Kier molecular flexibility index (Phi) is 3.53. The predicted molar refractivity (Wildman–Crippen MR) is 63.6 cm³/mol. The lowest BCUT2D eigenvalue weighted by atomic mass is 10.4. The van der Waals surface area contributed by atoms with Crippen molar-refractivity contribution in [2.24, 2.45) is 0 Å². The van der Waals surface area contributed by atoms with Gasteiger partial charge in [-0.2, -0.15) is 0 Å². The topological polar surface area (TPSA) is 37.8 Å². The maximum atomic E-state index is 5.95. The van der Waals surface area contributed by atoms with E-state index in [1.54, 1.807) is 17.5 Å². The third-order valence-corrected chi connectivity index (χ3v) is 3.02. The summed E-state index contributed by atoms with van der Waals surface area (Å²) < 4.78 is 0. The van der Waals surface area contributed by atoms with Crippen molar-refractivity contribution in [2.45, 2.75) is 6.42 Å². The molecular formula is C10H10ClN3S. The fraction of sp³-hybridized carbons (Fsp3) is 0.200. The number of aromatic nitrogens is 2. The summed E-state index contributed by atoms with van der Waals surface area (Å²) in [5.74, 6) is 0.732. The van der Waals surface area contributed by atoms with Crippen LogP contribution in [-0.2, 0) is 6.42 Å². The van der Waals surface area contributed by atoms with Crippen LogP contribution < -0.4 is 5.32 Å². The van der Waals surface area contributed by atoms with E-state index in [-0.39, 0.29) is 0 Å². The third-order valence-electron chi connectivity index (χ3n) is 1.87. The molecule has 0 aliphatic rings. The first-order valence-corrected chi connectivity index (χ1v) is 5.85. The Hall–Kier alpha value is -1.13. The number of rotatable bonds is 4. The maximum absolute atomic E-state index is 5.95. The highest BCUT2D eigenvalue weighted by molar-refractivity contribution is 7.09. The molecule has 3 nitrogen and oxygen atoms in total. The molecule has 0 amide bonds. The minimum Gasteiger partial charge on any atom is -0.368 e. The minimum absolute atomic E-state index is 0.650. The van der Waals surface area contributed by atoms with Crippen LogP contribution >= 0.6 is 22.9 Å². The summed E-state index contributed by atoms with van der Waals surface area (Å²) in [5, 5.41) is 6.92. The van der Waals surface area contributed by atoms with Crippen molar-refractivity contribution < 1.29 is 0 Å². The van der Waals surface area contributed by atoms with Crippen LogP contribution in [0.15, 0.2) is 29.9 Å². The average molecular weight is 240 g/mol. The van der Waals surface area contributed by atoms with Crippen molar-refractivity contribution in [1.29, 1.82) is 0 Å². The third kappa shape index (κ3) is 2.91. The Balaban J connectivity index is 1.86. The molecule has 0 fully saturated rings. The van der Waals surface area contributed by atoms with Crippen molar-refractivity contribution in [3.63, 3.8) is 0 Å². The molecule has 0 bridgehead atoms. The van der Waals surface area contributed by atoms with Gasteiger partial charge in [0.05, 0.1) is 10.0 Å². The lowest BCUT2D eigenvalue weighted by Crippen LogP contribution is -2.06. The number of nitrogens with zero attached hydrogens (tertiary/aromatic N) is 2. The summed E-state index contributed by atoms with van der Waals surface area (Å²) in [5.41, 5.74) is 0. The van der Waals surface area contributed by atoms with E-state index in [9.17, 15) is 0 Å². The zero-order chi connectivity index (χ0) is 10.5. The molecule has 0 atom stereocenters. The lowest BCUT2D eigenvalue weighted by Gasteiger charge is -2.04. The van der Waals surface area contributed by atoms with Crippen molar-refractivity contribution in [3.8, 4) is 0 Å². The van der Waals surface area contributed by atoms with Crippen LogP contribution in [0.1, 0.15) is 5.01 Å². The van der Waals surface area contributed by atoms with Crippen molar-refractivity contribution >= 4 is 28.8 Å². The molecule has 0 spiro atoms. The number of pyridine rings is 1. The molecule has 5 heteroatoms. The highest BCUT2D eigenvalue weighted by Gasteiger charge is 2.00. The van der Waals surface area contributed by atoms with Gasteiger partial charge < -0.3 is 5.32 Å². The minimum atomic E-state index is 0.650. The Morgan fingerprint density at radius 2 is 2.27 bits per heavy atom. The van der Waals surface area contributed by atoms with E-state index in [0.29, 0.717) is 5.02 Å². The summed E-state index contributed by atoms with van der Waals surface area (Å²) in [4.78, 5) is 8.33. The number of hydrogen-bond acceptors (Lipinski definition) is 4. The van der Waals surface area contributed by atoms with Gasteiger partial charge in [-0.15, -0.1) is 11.3 Å². The molecule has 15 heavy (non-hydrogen) atoms. The first kappa shape index (κ1) is 10.4. The summed E-state index contributed by atoms with van der Waals surface area (Å²) in [6.45, 7) is 0.796. The van der Waals surface area contributed by atoms with Crippen molar-refractivity contribution in [3.05, 3.63) is 39.9 Å². The zero-order valence-corrected chi connectivity index (χ0v) is 9.55. The van der Waals surface area contributed by atoms with Crippen LogP contribution in [0.25, 0.3) is 0 Å². The Labute approximate surface area is 97.2 Å². The molecule has 0 aliphatic carbocycles. The molecule has 0 saturated carbocycles. The molecule has 2 rings (SSSR count). The predicted octanol–water partition coefficient (Wildman–Crippen LogP) is 2.85. The summed E-state index contributed by atoms with van der Waals surface area (Å²) in [7, 11) is 0. The Morgan fingerprint density at radius 3 is 3.00 bits per heavy atom. The van der Waals surface area contributed by atoms with Crippen LogP contribution in [0.2, 0.25) is 5.02 Å². The number of hydrogen-bond donors (Lipinski definition) is 1. The van der Waals surface area contributed by atoms with Gasteiger partial charge in [0, 0.05) is 30.7 Å². The van der Waals surface area contributed by atoms with E-state index in [1.165, 1.54) is 0 Å². The van der Waals surface area contributed by atoms with Gasteiger partial charge >= 0.3 is 0 Å². The molecule has 78 valence electrons. The van der Waals surface area contributed by atoms with Crippen molar-refractivity contribution in [2.75, 3.05) is 11.9 Å². The van der Waals surface area contributed by atoms with Gasteiger partial charge in [-0.05, 0) is 12.1 Å². The second kappa shape index (κ2) is 5.09. The molecule has 2 heterocycles. The first-order chi connectivity index (χ1) is 7.36. The fourth-order valence-corrected chi connectivity index (χ4v) is 1.99. The molecule has 0 saturated heterocycles. The number of thiazole rings is 1. The van der Waals surface area contributed by atoms with E-state index in [0.717, 1.165) is 23.8 Å². The second-order valence-electron chi connectivity index (χ2n) is 2.94. The number of anilines is 1. The summed E-state index contributed by atoms with van der Waals surface area (Å²) in [6, 6.07) is 3.63. The second-order valence-corrected chi connectivity index (χ2v) is 4.32. The molecule has 0 radical (unpaired) electrons. The van der Waals surface area contributed by atoms with Crippen LogP contribution in [-0.4, -0.2) is 16.5 Å². The largest absolute Gasteiger partial charge is 0.368 e. The maximum Gasteiger partial charge on any atom is 0.144 e. The standard InChI is InChI=1S/C10H10ClN3S/c11-8-2-1-4-13-10(8)14-5-3-9-12-6-7-15-9/h1-2,4,6-7H,3,5H2,(H,13,14). The Morgan fingerprint density at radius 1 is 1.33 bits per heavy atom. The number of nitrogens with one attached hydrogen (secondary N) is 1. The Bertz CT molecular complexity index is 416. The molecule has 2 aromatic heterocycles. The van der Waals surface area contributed by atoms with E-state index >= 15 is 0 Å². The normalized spacial score (nSPS) is 10.2. The van der Waals surface area contributed by atoms with E-state index < -0.39 is 0 Å². The fourth-order valence-electron chi connectivity index (χ4n) is 1.18. The van der Waals surface area contributed by atoms with E-state index in [2.05, 4.69) is 15.3 Å². The van der Waals surface area contributed by atoms with Gasteiger partial charge in [0.1, 0.15) is 5.82 Å². The zero-order valence-electron chi connectivity index (χ0n) is 7.98. The average Bonchev–Trinajstić information content (AvgIpc) is 2.74. The summed E-state index contributed by atoms with van der Waals surface area (Å²) >= 11 is 7.60. The van der Waals surface area contributed by atoms with Gasteiger partial charge in [-0.25, -0.2) is 9.97 Å². The lowest BCUT2D eigenvalue weighted by molar-refractivity contribution is 0.988.